The van der Waals surface area contributed by atoms with E-state index in [1.807, 2.05) is 0 Å². The van der Waals surface area contributed by atoms with E-state index in [1.54, 1.807) is 21.3 Å². The molecule has 0 amide bonds. The molecule has 0 spiro atoms. The highest BCUT2D eigenvalue weighted by Crippen LogP contribution is 2.14. The summed E-state index contributed by atoms with van der Waals surface area (Å²) in [4.78, 5) is 0. The molecule has 0 radical (unpaired) electrons. The Bertz CT molecular complexity index is 208. The third-order valence-electron chi connectivity index (χ3n) is 3.60. The van der Waals surface area contributed by atoms with Crippen molar-refractivity contribution in [3.05, 3.63) is 0 Å². The fourth-order valence-electron chi connectivity index (χ4n) is 2.21. The van der Waals surface area contributed by atoms with E-state index in [1.165, 1.54) is 25.7 Å². The molecule has 0 rings (SSSR count). The van der Waals surface area contributed by atoms with Crippen LogP contribution in [0.2, 0.25) is 6.04 Å². The highest BCUT2D eigenvalue weighted by molar-refractivity contribution is 6.60. The Hall–Kier alpha value is 0.0169. The van der Waals surface area contributed by atoms with Gasteiger partial charge in [-0.05, 0) is 19.4 Å². The second-order valence-corrected chi connectivity index (χ2v) is 8.30. The van der Waals surface area contributed by atoms with Crippen molar-refractivity contribution in [2.45, 2.75) is 57.5 Å². The number of unbranched alkanes of at least 4 members (excludes halogenated alkanes) is 3. The summed E-state index contributed by atoms with van der Waals surface area (Å²) in [7, 11) is 2.56. The molecule has 0 bridgehead atoms. The lowest BCUT2D eigenvalue weighted by atomic mass is 10.1. The average molecular weight is 307 g/mol. The first-order valence-electron chi connectivity index (χ1n) is 7.75. The van der Waals surface area contributed by atoms with Crippen molar-refractivity contribution < 1.29 is 13.3 Å². The molecule has 1 atom stereocenters. The lowest BCUT2D eigenvalue weighted by molar-refractivity contribution is 0.123. The molecule has 5 nitrogen and oxygen atoms in total. The maximum Gasteiger partial charge on any atom is 0.500 e. The van der Waals surface area contributed by atoms with Gasteiger partial charge in [-0.1, -0.05) is 32.6 Å². The molecule has 0 aliphatic heterocycles. The highest BCUT2D eigenvalue weighted by Gasteiger charge is 2.36. The number of nitrogens with one attached hydrogen (secondary N) is 1. The van der Waals surface area contributed by atoms with Gasteiger partial charge in [-0.2, -0.15) is 0 Å². The molecular weight excluding hydrogens is 272 g/mol. The molecule has 122 valence electrons. The summed E-state index contributed by atoms with van der Waals surface area (Å²) in [6.07, 6.45) is 7.22. The monoisotopic (exact) mass is 306 g/mol. The van der Waals surface area contributed by atoms with Crippen molar-refractivity contribution in [3.63, 3.8) is 0 Å². The van der Waals surface area contributed by atoms with Gasteiger partial charge in [0.25, 0.3) is 0 Å². The minimum absolute atomic E-state index is 0.265. The van der Waals surface area contributed by atoms with Crippen molar-refractivity contribution in [2.75, 3.05) is 34.4 Å². The van der Waals surface area contributed by atoms with Crippen LogP contribution in [-0.2, 0) is 13.3 Å². The Balaban J connectivity index is 3.55. The normalized spacial score (nSPS) is 13.7. The van der Waals surface area contributed by atoms with Crippen LogP contribution < -0.4 is 11.1 Å². The second kappa shape index (κ2) is 12.7. The van der Waals surface area contributed by atoms with Crippen LogP contribution in [0.25, 0.3) is 0 Å². The summed E-state index contributed by atoms with van der Waals surface area (Å²) in [5.41, 5.74) is 6.07. The van der Waals surface area contributed by atoms with Crippen LogP contribution in [0, 0.1) is 0 Å². The molecule has 0 aliphatic rings. The number of rotatable bonds is 14. The molecule has 6 heteroatoms. The summed E-state index contributed by atoms with van der Waals surface area (Å²) in [5.74, 6) is 0. The maximum absolute atomic E-state index is 6.07. The Kier molecular flexibility index (Phi) is 12.7. The fourth-order valence-corrected chi connectivity index (χ4v) is 3.93. The summed E-state index contributed by atoms with van der Waals surface area (Å²) in [6, 6.07) is 1.09. The molecule has 0 fully saturated rings. The van der Waals surface area contributed by atoms with Gasteiger partial charge >= 0.3 is 8.80 Å². The molecule has 0 aliphatic carbocycles. The van der Waals surface area contributed by atoms with Crippen molar-refractivity contribution in [1.82, 2.24) is 5.32 Å². The van der Waals surface area contributed by atoms with Crippen molar-refractivity contribution in [3.8, 4) is 0 Å². The molecule has 1 unspecified atom stereocenters. The van der Waals surface area contributed by atoms with Crippen LogP contribution >= 0.6 is 0 Å². The van der Waals surface area contributed by atoms with E-state index >= 15 is 0 Å². The topological polar surface area (TPSA) is 65.7 Å². The van der Waals surface area contributed by atoms with Crippen LogP contribution in [0.15, 0.2) is 0 Å². The third-order valence-corrected chi connectivity index (χ3v) is 6.44. The Morgan fingerprint density at radius 3 is 2.20 bits per heavy atom. The summed E-state index contributed by atoms with van der Waals surface area (Å²) < 4.78 is 16.1. The predicted octanol–water partition coefficient (Wildman–Crippen LogP) is 2.14. The standard InChI is InChI=1S/C14H34N2O3Si/c1-5-6-7-8-10-14(15)13-16-11-9-12-20(17-2,18-3)19-4/h14,16H,5-13,15H2,1-4H3. The van der Waals surface area contributed by atoms with Gasteiger partial charge in [-0.15, -0.1) is 0 Å². The molecule has 0 aromatic carbocycles. The second-order valence-electron chi connectivity index (χ2n) is 5.21. The molecule has 0 heterocycles. The Labute approximate surface area is 125 Å². The Morgan fingerprint density at radius 1 is 1.00 bits per heavy atom. The number of hydrogen-bond donors (Lipinski definition) is 2. The number of hydrogen-bond acceptors (Lipinski definition) is 5. The van der Waals surface area contributed by atoms with Gasteiger partial charge < -0.3 is 24.3 Å². The zero-order valence-electron chi connectivity index (χ0n) is 13.7. The molecular formula is C14H34N2O3Si. The predicted molar refractivity (Wildman–Crippen MR) is 85.8 cm³/mol. The van der Waals surface area contributed by atoms with E-state index in [0.29, 0.717) is 0 Å². The van der Waals surface area contributed by atoms with Crippen LogP contribution in [-0.4, -0.2) is 49.3 Å². The van der Waals surface area contributed by atoms with Gasteiger partial charge in [0, 0.05) is 40.0 Å². The molecule has 0 aromatic heterocycles. The van der Waals surface area contributed by atoms with Gasteiger partial charge in [0.15, 0.2) is 0 Å². The highest BCUT2D eigenvalue weighted by atomic mass is 28.4. The van der Waals surface area contributed by atoms with Crippen molar-refractivity contribution in [1.29, 1.82) is 0 Å². The van der Waals surface area contributed by atoms with Crippen LogP contribution in [0.3, 0.4) is 0 Å². The molecule has 20 heavy (non-hydrogen) atoms. The minimum Gasteiger partial charge on any atom is -0.377 e. The minimum atomic E-state index is -2.40. The first kappa shape index (κ1) is 20.0. The fraction of sp³-hybridized carbons (Fsp3) is 1.00. The maximum atomic E-state index is 6.07. The first-order chi connectivity index (χ1) is 9.64. The quantitative estimate of drug-likeness (QED) is 0.380. The van der Waals surface area contributed by atoms with Gasteiger partial charge in [-0.25, -0.2) is 0 Å². The van der Waals surface area contributed by atoms with E-state index in [2.05, 4.69) is 12.2 Å². The van der Waals surface area contributed by atoms with E-state index in [9.17, 15) is 0 Å². The largest absolute Gasteiger partial charge is 0.500 e. The van der Waals surface area contributed by atoms with Crippen molar-refractivity contribution >= 4 is 8.80 Å². The smallest absolute Gasteiger partial charge is 0.377 e. The summed E-state index contributed by atoms with van der Waals surface area (Å²) >= 11 is 0. The SMILES string of the molecule is CCCCCCC(N)CNCCC[Si](OC)(OC)OC. The summed E-state index contributed by atoms with van der Waals surface area (Å²) in [5, 5.41) is 3.40. The van der Waals surface area contributed by atoms with Crippen molar-refractivity contribution in [2.24, 2.45) is 5.73 Å². The molecule has 0 saturated carbocycles. The van der Waals surface area contributed by atoms with E-state index in [0.717, 1.165) is 32.0 Å². The molecule has 3 N–H and O–H groups in total. The zero-order valence-corrected chi connectivity index (χ0v) is 14.7. The lowest BCUT2D eigenvalue weighted by Gasteiger charge is -2.24. The van der Waals surface area contributed by atoms with Gasteiger partial charge in [0.05, 0.1) is 0 Å². The Morgan fingerprint density at radius 2 is 1.65 bits per heavy atom. The zero-order chi connectivity index (χ0) is 15.3. The van der Waals surface area contributed by atoms with E-state index < -0.39 is 8.80 Å². The van der Waals surface area contributed by atoms with Gasteiger partial charge in [0.1, 0.15) is 0 Å². The lowest BCUT2D eigenvalue weighted by Crippen LogP contribution is -2.43. The summed E-state index contributed by atoms with van der Waals surface area (Å²) in [6.45, 7) is 4.03. The molecule has 0 saturated heterocycles. The van der Waals surface area contributed by atoms with Crippen LogP contribution in [0.1, 0.15) is 45.4 Å². The number of nitrogens with two attached hydrogens (primary N) is 1. The van der Waals surface area contributed by atoms with Crippen LogP contribution in [0.4, 0.5) is 0 Å². The van der Waals surface area contributed by atoms with Gasteiger partial charge in [-0.3, -0.25) is 0 Å². The first-order valence-corrected chi connectivity index (χ1v) is 9.69. The average Bonchev–Trinajstić information content (AvgIpc) is 2.48. The van der Waals surface area contributed by atoms with Crippen LogP contribution in [0.5, 0.6) is 0 Å². The van der Waals surface area contributed by atoms with Gasteiger partial charge in [0.2, 0.25) is 0 Å². The van der Waals surface area contributed by atoms with E-state index in [-0.39, 0.29) is 6.04 Å². The third kappa shape index (κ3) is 9.04. The van der Waals surface area contributed by atoms with E-state index in [4.69, 9.17) is 19.0 Å². The molecule has 0 aromatic rings.